The van der Waals surface area contributed by atoms with Crippen LogP contribution in [0, 0.1) is 5.92 Å². The van der Waals surface area contributed by atoms with E-state index >= 15 is 0 Å². The van der Waals surface area contributed by atoms with E-state index in [1.165, 1.54) is 0 Å². The molecular weight excluding hydrogens is 337 g/mol. The van der Waals surface area contributed by atoms with Crippen molar-refractivity contribution < 1.29 is 9.59 Å². The largest absolute Gasteiger partial charge is 0.354 e. The van der Waals surface area contributed by atoms with Gasteiger partial charge >= 0.3 is 0 Å². The molecule has 0 saturated carbocycles. The van der Waals surface area contributed by atoms with Crippen molar-refractivity contribution in [2.75, 3.05) is 26.7 Å². The fourth-order valence-corrected chi connectivity index (χ4v) is 3.03. The summed E-state index contributed by atoms with van der Waals surface area (Å²) in [4.78, 5) is 26.1. The van der Waals surface area contributed by atoms with E-state index in [-0.39, 0.29) is 42.6 Å². The third-order valence-corrected chi connectivity index (χ3v) is 4.20. The molecule has 2 amide bonds. The second-order valence-corrected chi connectivity index (χ2v) is 5.90. The van der Waals surface area contributed by atoms with Gasteiger partial charge in [0.2, 0.25) is 11.8 Å². The first kappa shape index (κ1) is 19.7. The van der Waals surface area contributed by atoms with E-state index in [1.807, 2.05) is 25.1 Å². The Bertz CT molecular complexity index is 554. The molecule has 0 aromatic heterocycles. The summed E-state index contributed by atoms with van der Waals surface area (Å²) in [6.45, 7) is 4.16. The molecule has 1 aromatic rings. The van der Waals surface area contributed by atoms with Crippen LogP contribution in [0.5, 0.6) is 0 Å². The maximum Gasteiger partial charge on any atom is 0.226 e. The van der Waals surface area contributed by atoms with Crippen LogP contribution in [-0.4, -0.2) is 43.4 Å². The maximum absolute atomic E-state index is 12.4. The van der Waals surface area contributed by atoms with Gasteiger partial charge < -0.3 is 15.5 Å². The van der Waals surface area contributed by atoms with E-state index in [2.05, 4.69) is 10.6 Å². The molecule has 2 atom stereocenters. The van der Waals surface area contributed by atoms with Gasteiger partial charge in [-0.1, -0.05) is 30.7 Å². The molecule has 0 spiro atoms. The third-order valence-electron chi connectivity index (χ3n) is 3.96. The molecular formula is C16H23Cl2N3O2. The first-order chi connectivity index (χ1) is 10.5. The zero-order valence-corrected chi connectivity index (χ0v) is 14.9. The zero-order chi connectivity index (χ0) is 16.1. The maximum atomic E-state index is 12.4. The molecule has 7 heteroatoms. The van der Waals surface area contributed by atoms with Crippen molar-refractivity contribution in [2.24, 2.45) is 5.92 Å². The van der Waals surface area contributed by atoms with Crippen LogP contribution >= 0.6 is 24.0 Å². The van der Waals surface area contributed by atoms with Crippen molar-refractivity contribution in [1.29, 1.82) is 0 Å². The van der Waals surface area contributed by atoms with Gasteiger partial charge in [-0.2, -0.15) is 0 Å². The summed E-state index contributed by atoms with van der Waals surface area (Å²) in [6, 6.07) is 7.09. The summed E-state index contributed by atoms with van der Waals surface area (Å²) in [5.74, 6) is -0.477. The lowest BCUT2D eigenvalue weighted by atomic mass is 9.93. The molecule has 1 aliphatic rings. The Hall–Kier alpha value is -1.30. The van der Waals surface area contributed by atoms with Crippen molar-refractivity contribution in [1.82, 2.24) is 15.5 Å². The van der Waals surface area contributed by atoms with Gasteiger partial charge in [0, 0.05) is 31.6 Å². The van der Waals surface area contributed by atoms with Crippen LogP contribution in [0.25, 0.3) is 0 Å². The molecule has 1 heterocycles. The Morgan fingerprint density at radius 3 is 2.78 bits per heavy atom. The molecule has 0 aliphatic carbocycles. The highest BCUT2D eigenvalue weighted by Crippen LogP contribution is 2.37. The van der Waals surface area contributed by atoms with Gasteiger partial charge in [0.15, 0.2) is 0 Å². The Kier molecular flexibility index (Phi) is 7.82. The Morgan fingerprint density at radius 2 is 2.13 bits per heavy atom. The highest BCUT2D eigenvalue weighted by Gasteiger charge is 2.42. The van der Waals surface area contributed by atoms with Crippen LogP contribution in [0.15, 0.2) is 24.3 Å². The van der Waals surface area contributed by atoms with Crippen molar-refractivity contribution in [2.45, 2.75) is 19.4 Å². The average molecular weight is 360 g/mol. The van der Waals surface area contributed by atoms with Gasteiger partial charge in [-0.3, -0.25) is 9.59 Å². The Morgan fingerprint density at radius 1 is 1.39 bits per heavy atom. The van der Waals surface area contributed by atoms with Crippen LogP contribution in [0.1, 0.15) is 24.9 Å². The van der Waals surface area contributed by atoms with Gasteiger partial charge in [-0.25, -0.2) is 0 Å². The number of likely N-dealkylation sites (N-methyl/N-ethyl adjacent to an activating group) is 1. The Balaban J connectivity index is 0.00000264. The molecule has 5 nitrogen and oxygen atoms in total. The van der Waals surface area contributed by atoms with Crippen LogP contribution in [-0.2, 0) is 9.59 Å². The van der Waals surface area contributed by atoms with E-state index in [0.717, 1.165) is 18.7 Å². The first-order valence-electron chi connectivity index (χ1n) is 7.54. The number of carbonyl (C=O) groups excluding carboxylic acids is 2. The molecule has 1 aliphatic heterocycles. The molecule has 1 saturated heterocycles. The normalized spacial score (nSPS) is 20.3. The number of halogens is 2. The molecule has 2 unspecified atom stereocenters. The monoisotopic (exact) mass is 359 g/mol. The number of amides is 2. The number of carbonyl (C=O) groups is 2. The summed E-state index contributed by atoms with van der Waals surface area (Å²) < 4.78 is 0. The molecule has 1 aromatic carbocycles. The van der Waals surface area contributed by atoms with Crippen LogP contribution < -0.4 is 10.6 Å². The number of nitrogens with zero attached hydrogens (tertiary/aromatic N) is 1. The minimum Gasteiger partial charge on any atom is -0.354 e. The smallest absolute Gasteiger partial charge is 0.226 e. The summed E-state index contributed by atoms with van der Waals surface area (Å²) in [7, 11) is 1.74. The highest BCUT2D eigenvalue weighted by atomic mass is 35.5. The fourth-order valence-electron chi connectivity index (χ4n) is 2.83. The molecule has 128 valence electrons. The van der Waals surface area contributed by atoms with E-state index in [4.69, 9.17) is 11.6 Å². The molecule has 0 bridgehead atoms. The number of hydrogen-bond acceptors (Lipinski definition) is 3. The molecule has 1 fully saturated rings. The summed E-state index contributed by atoms with van der Waals surface area (Å²) in [5.41, 5.74) is 0.896. The van der Waals surface area contributed by atoms with Crippen LogP contribution in [0.3, 0.4) is 0 Å². The molecule has 0 radical (unpaired) electrons. The summed E-state index contributed by atoms with van der Waals surface area (Å²) >= 11 is 6.04. The lowest BCUT2D eigenvalue weighted by molar-refractivity contribution is -0.128. The predicted octanol–water partition coefficient (Wildman–Crippen LogP) is 2.01. The van der Waals surface area contributed by atoms with Crippen molar-refractivity contribution in [3.8, 4) is 0 Å². The number of rotatable bonds is 6. The van der Waals surface area contributed by atoms with Gasteiger partial charge in [0.25, 0.3) is 0 Å². The quantitative estimate of drug-likeness (QED) is 0.763. The standard InChI is InChI=1S/C16H22ClN3O2.ClH/c1-3-18-7-8-19-16(22)13-10-14(21)20(2)15(13)11-5-4-6-12(17)9-11;/h4-6,9,13,15,18H,3,7-8,10H2,1-2H3,(H,19,22);1H. The highest BCUT2D eigenvalue weighted by molar-refractivity contribution is 6.30. The fraction of sp³-hybridized carbons (Fsp3) is 0.500. The van der Waals surface area contributed by atoms with Gasteiger partial charge in [-0.05, 0) is 24.2 Å². The van der Waals surface area contributed by atoms with Crippen molar-refractivity contribution in [3.05, 3.63) is 34.9 Å². The molecule has 2 N–H and O–H groups in total. The minimum atomic E-state index is -0.377. The van der Waals surface area contributed by atoms with E-state index < -0.39 is 0 Å². The number of nitrogens with one attached hydrogen (secondary N) is 2. The van der Waals surface area contributed by atoms with Crippen molar-refractivity contribution in [3.63, 3.8) is 0 Å². The lowest BCUT2D eigenvalue weighted by Crippen LogP contribution is -2.38. The van der Waals surface area contributed by atoms with E-state index in [9.17, 15) is 9.59 Å². The number of likely N-dealkylation sites (tertiary alicyclic amines) is 1. The van der Waals surface area contributed by atoms with Gasteiger partial charge in [0.05, 0.1) is 12.0 Å². The topological polar surface area (TPSA) is 61.4 Å². The summed E-state index contributed by atoms with van der Waals surface area (Å²) in [6.07, 6.45) is 0.237. The molecule has 2 rings (SSSR count). The van der Waals surface area contributed by atoms with Gasteiger partial charge in [0.1, 0.15) is 0 Å². The van der Waals surface area contributed by atoms with E-state index in [0.29, 0.717) is 11.6 Å². The zero-order valence-electron chi connectivity index (χ0n) is 13.3. The third kappa shape index (κ3) is 4.83. The number of benzene rings is 1. The SMILES string of the molecule is CCNCCNC(=O)C1CC(=O)N(C)C1c1cccc(Cl)c1.Cl. The Labute approximate surface area is 148 Å². The first-order valence-corrected chi connectivity index (χ1v) is 7.92. The minimum absolute atomic E-state index is 0. The average Bonchev–Trinajstić information content (AvgIpc) is 2.79. The second kappa shape index (κ2) is 9.11. The van der Waals surface area contributed by atoms with Crippen LogP contribution in [0.4, 0.5) is 0 Å². The van der Waals surface area contributed by atoms with E-state index in [1.54, 1.807) is 18.0 Å². The van der Waals surface area contributed by atoms with Crippen LogP contribution in [0.2, 0.25) is 5.02 Å². The van der Waals surface area contributed by atoms with Crippen molar-refractivity contribution >= 4 is 35.8 Å². The number of hydrogen-bond donors (Lipinski definition) is 2. The van der Waals surface area contributed by atoms with Gasteiger partial charge in [-0.15, -0.1) is 12.4 Å². The predicted molar refractivity (Wildman–Crippen MR) is 93.9 cm³/mol. The summed E-state index contributed by atoms with van der Waals surface area (Å²) in [5, 5.41) is 6.66. The second-order valence-electron chi connectivity index (χ2n) is 5.46. The lowest BCUT2D eigenvalue weighted by Gasteiger charge is -2.25. The molecule has 23 heavy (non-hydrogen) atoms.